The molecular weight excluding hydrogens is 199 g/mol. The Bertz CT molecular complexity index is 337. The van der Waals surface area contributed by atoms with Crippen LogP contribution in [0.3, 0.4) is 0 Å². The Morgan fingerprint density at radius 2 is 2.27 bits per heavy atom. The van der Waals surface area contributed by atoms with Gasteiger partial charge in [-0.3, -0.25) is 0 Å². The first-order chi connectivity index (χ1) is 6.92. The van der Waals surface area contributed by atoms with Crippen LogP contribution < -0.4 is 10.1 Å². The van der Waals surface area contributed by atoms with Crippen molar-refractivity contribution in [3.8, 4) is 5.88 Å². The number of anilines is 1. The first-order valence-corrected chi connectivity index (χ1v) is 4.61. The number of pyridine rings is 1. The summed E-state index contributed by atoms with van der Waals surface area (Å²) in [5.74, 6) is -0.651. The van der Waals surface area contributed by atoms with Crippen LogP contribution >= 0.6 is 0 Å². The Kier molecular flexibility index (Phi) is 3.47. The zero-order valence-corrected chi connectivity index (χ0v) is 9.04. The molecular formula is C10H15FN2O2. The maximum Gasteiger partial charge on any atom is 0.250 e. The van der Waals surface area contributed by atoms with Crippen molar-refractivity contribution in [1.82, 2.24) is 4.98 Å². The quantitative estimate of drug-likeness (QED) is 0.795. The second kappa shape index (κ2) is 4.44. The van der Waals surface area contributed by atoms with E-state index in [2.05, 4.69) is 10.3 Å². The maximum atomic E-state index is 13.3. The molecule has 2 N–H and O–H groups in total. The van der Waals surface area contributed by atoms with Gasteiger partial charge in [0.05, 0.1) is 17.5 Å². The minimum Gasteiger partial charge on any atom is -0.473 e. The fourth-order valence-electron chi connectivity index (χ4n) is 0.913. The predicted octanol–water partition coefficient (Wildman–Crippen LogP) is 1.41. The van der Waals surface area contributed by atoms with Gasteiger partial charge >= 0.3 is 0 Å². The van der Waals surface area contributed by atoms with Crippen molar-refractivity contribution in [3.63, 3.8) is 0 Å². The molecule has 4 nitrogen and oxygen atoms in total. The summed E-state index contributed by atoms with van der Waals surface area (Å²) in [5.41, 5.74) is -0.432. The molecule has 0 amide bonds. The zero-order valence-electron chi connectivity index (χ0n) is 9.04. The van der Waals surface area contributed by atoms with Crippen LogP contribution in [0.1, 0.15) is 13.8 Å². The molecule has 0 atom stereocenters. The van der Waals surface area contributed by atoms with Gasteiger partial charge in [-0.1, -0.05) is 0 Å². The lowest BCUT2D eigenvalue weighted by Crippen LogP contribution is -2.28. The third kappa shape index (κ3) is 3.71. The lowest BCUT2D eigenvalue weighted by atomic mass is 10.2. The van der Waals surface area contributed by atoms with Gasteiger partial charge in [-0.15, -0.1) is 0 Å². The van der Waals surface area contributed by atoms with Crippen LogP contribution in [0, 0.1) is 5.82 Å². The molecule has 0 saturated carbocycles. The molecule has 1 aromatic heterocycles. The van der Waals surface area contributed by atoms with Crippen molar-refractivity contribution in [3.05, 3.63) is 18.1 Å². The van der Waals surface area contributed by atoms with E-state index in [0.717, 1.165) is 0 Å². The molecule has 1 heterocycles. The van der Waals surface area contributed by atoms with Gasteiger partial charge in [-0.05, 0) is 13.8 Å². The molecule has 0 saturated heterocycles. The largest absolute Gasteiger partial charge is 0.473 e. The van der Waals surface area contributed by atoms with E-state index >= 15 is 0 Å². The molecule has 0 radical (unpaired) electrons. The topological polar surface area (TPSA) is 54.4 Å². The number of nitrogens with one attached hydrogen (secondary N) is 1. The summed E-state index contributed by atoms with van der Waals surface area (Å²) in [4.78, 5) is 3.78. The summed E-state index contributed by atoms with van der Waals surface area (Å²) in [7, 11) is 1.67. The van der Waals surface area contributed by atoms with Gasteiger partial charge in [0.25, 0.3) is 5.88 Å². The summed E-state index contributed by atoms with van der Waals surface area (Å²) < 4.78 is 18.3. The first kappa shape index (κ1) is 11.7. The van der Waals surface area contributed by atoms with E-state index in [-0.39, 0.29) is 12.5 Å². The average molecular weight is 214 g/mol. The molecule has 1 rings (SSSR count). The summed E-state index contributed by atoms with van der Waals surface area (Å²) in [6, 6.07) is 1.28. The Labute approximate surface area is 88.1 Å². The third-order valence-corrected chi connectivity index (χ3v) is 1.66. The molecule has 0 aliphatic rings. The number of hydrogen-bond acceptors (Lipinski definition) is 4. The zero-order chi connectivity index (χ0) is 11.5. The monoisotopic (exact) mass is 214 g/mol. The lowest BCUT2D eigenvalue weighted by molar-refractivity contribution is 0.0254. The highest BCUT2D eigenvalue weighted by molar-refractivity contribution is 5.41. The lowest BCUT2D eigenvalue weighted by Gasteiger charge is -2.17. The Morgan fingerprint density at radius 3 is 2.73 bits per heavy atom. The number of aromatic nitrogens is 1. The van der Waals surface area contributed by atoms with Gasteiger partial charge in [-0.2, -0.15) is 0 Å². The van der Waals surface area contributed by atoms with E-state index < -0.39 is 11.4 Å². The molecule has 5 heteroatoms. The second-order valence-electron chi connectivity index (χ2n) is 3.86. The molecule has 0 aliphatic carbocycles. The summed E-state index contributed by atoms with van der Waals surface area (Å²) >= 11 is 0. The van der Waals surface area contributed by atoms with Gasteiger partial charge < -0.3 is 15.2 Å². The Morgan fingerprint density at radius 1 is 1.60 bits per heavy atom. The predicted molar refractivity (Wildman–Crippen MR) is 55.5 cm³/mol. The maximum absolute atomic E-state index is 13.3. The number of hydrogen-bond donors (Lipinski definition) is 2. The van der Waals surface area contributed by atoms with E-state index in [1.165, 1.54) is 12.3 Å². The van der Waals surface area contributed by atoms with Gasteiger partial charge in [0, 0.05) is 13.1 Å². The van der Waals surface area contributed by atoms with Crippen LogP contribution in [0.4, 0.5) is 10.1 Å². The summed E-state index contributed by atoms with van der Waals surface area (Å²) in [6.45, 7) is 3.15. The van der Waals surface area contributed by atoms with Crippen molar-refractivity contribution in [2.75, 3.05) is 19.0 Å². The number of halogens is 1. The summed E-state index contributed by atoms with van der Waals surface area (Å²) in [6.07, 6.45) is 1.46. The normalized spacial score (nSPS) is 11.3. The molecule has 0 bridgehead atoms. The Balaban J connectivity index is 2.70. The highest BCUT2D eigenvalue weighted by atomic mass is 19.1. The van der Waals surface area contributed by atoms with Crippen LogP contribution in [0.5, 0.6) is 5.88 Å². The van der Waals surface area contributed by atoms with E-state index in [0.29, 0.717) is 5.69 Å². The van der Waals surface area contributed by atoms with Crippen molar-refractivity contribution in [2.45, 2.75) is 19.4 Å². The van der Waals surface area contributed by atoms with Crippen LogP contribution in [-0.2, 0) is 0 Å². The van der Waals surface area contributed by atoms with E-state index in [1.807, 2.05) is 0 Å². The number of rotatable bonds is 4. The van der Waals surface area contributed by atoms with Crippen molar-refractivity contribution >= 4 is 5.69 Å². The van der Waals surface area contributed by atoms with Crippen LogP contribution in [-0.4, -0.2) is 29.3 Å². The molecule has 0 aromatic carbocycles. The van der Waals surface area contributed by atoms with Crippen molar-refractivity contribution in [2.24, 2.45) is 0 Å². The molecule has 0 aliphatic heterocycles. The molecule has 15 heavy (non-hydrogen) atoms. The minimum atomic E-state index is -1.00. The Hall–Kier alpha value is -1.36. The molecule has 0 unspecified atom stereocenters. The molecule has 0 fully saturated rings. The standard InChI is InChI=1S/C10H15FN2O2/c1-10(2,14)6-15-9-8(11)4-7(12-3)5-13-9/h4-5,12,14H,6H2,1-3H3. The highest BCUT2D eigenvalue weighted by Crippen LogP contribution is 2.18. The van der Waals surface area contributed by atoms with Crippen molar-refractivity contribution in [1.29, 1.82) is 0 Å². The fourth-order valence-corrected chi connectivity index (χ4v) is 0.913. The van der Waals surface area contributed by atoms with E-state index in [1.54, 1.807) is 20.9 Å². The number of nitrogens with zero attached hydrogens (tertiary/aromatic N) is 1. The molecule has 84 valence electrons. The molecule has 0 spiro atoms. The molecule has 1 aromatic rings. The van der Waals surface area contributed by atoms with Crippen LogP contribution in [0.2, 0.25) is 0 Å². The van der Waals surface area contributed by atoms with E-state index in [4.69, 9.17) is 4.74 Å². The van der Waals surface area contributed by atoms with Gasteiger partial charge in [0.15, 0.2) is 5.82 Å². The van der Waals surface area contributed by atoms with Crippen molar-refractivity contribution < 1.29 is 14.2 Å². The van der Waals surface area contributed by atoms with Gasteiger partial charge in [0.2, 0.25) is 0 Å². The second-order valence-corrected chi connectivity index (χ2v) is 3.86. The van der Waals surface area contributed by atoms with Gasteiger partial charge in [-0.25, -0.2) is 9.37 Å². The number of aliphatic hydroxyl groups is 1. The SMILES string of the molecule is CNc1cnc(OCC(C)(C)O)c(F)c1. The average Bonchev–Trinajstić information content (AvgIpc) is 2.14. The number of ether oxygens (including phenoxy) is 1. The van der Waals surface area contributed by atoms with E-state index in [9.17, 15) is 9.50 Å². The highest BCUT2D eigenvalue weighted by Gasteiger charge is 2.15. The summed E-state index contributed by atoms with van der Waals surface area (Å²) in [5, 5.41) is 12.1. The minimum absolute atomic E-state index is 0.00415. The van der Waals surface area contributed by atoms with Crippen LogP contribution in [0.25, 0.3) is 0 Å². The van der Waals surface area contributed by atoms with Gasteiger partial charge in [0.1, 0.15) is 6.61 Å². The smallest absolute Gasteiger partial charge is 0.250 e. The first-order valence-electron chi connectivity index (χ1n) is 4.61. The fraction of sp³-hybridized carbons (Fsp3) is 0.500. The third-order valence-electron chi connectivity index (χ3n) is 1.66. The van der Waals surface area contributed by atoms with Crippen LogP contribution in [0.15, 0.2) is 12.3 Å².